The summed E-state index contributed by atoms with van der Waals surface area (Å²) in [6, 6.07) is 7.13. The van der Waals surface area contributed by atoms with Crippen molar-refractivity contribution in [3.63, 3.8) is 0 Å². The number of primary sulfonamides is 1. The maximum Gasteiger partial charge on any atom is 0.238 e. The number of sulfonamides is 1. The second-order valence-electron chi connectivity index (χ2n) is 4.58. The fourth-order valence-corrected chi connectivity index (χ4v) is 2.67. The Morgan fingerprint density at radius 3 is 2.61 bits per heavy atom. The first-order valence-electron chi connectivity index (χ1n) is 6.16. The van der Waals surface area contributed by atoms with E-state index in [4.69, 9.17) is 5.14 Å². The van der Waals surface area contributed by atoms with E-state index in [0.29, 0.717) is 6.04 Å². The zero-order chi connectivity index (χ0) is 13.0. The van der Waals surface area contributed by atoms with Gasteiger partial charge in [0.15, 0.2) is 0 Å². The van der Waals surface area contributed by atoms with Crippen LogP contribution in [-0.4, -0.2) is 27.5 Å². The van der Waals surface area contributed by atoms with E-state index in [1.807, 2.05) is 0 Å². The lowest BCUT2D eigenvalue weighted by Crippen LogP contribution is -2.24. The molecule has 5 nitrogen and oxygen atoms in total. The van der Waals surface area contributed by atoms with Gasteiger partial charge >= 0.3 is 0 Å². The fraction of sp³-hybridized carbons (Fsp3) is 0.500. The van der Waals surface area contributed by atoms with Crippen molar-refractivity contribution in [3.05, 3.63) is 24.3 Å². The Hall–Kier alpha value is -1.11. The normalized spacial score (nSPS) is 19.9. The first-order valence-corrected chi connectivity index (χ1v) is 7.70. The van der Waals surface area contributed by atoms with E-state index in [1.54, 1.807) is 12.1 Å². The van der Waals surface area contributed by atoms with Crippen molar-refractivity contribution >= 4 is 15.7 Å². The molecule has 1 aromatic carbocycles. The Labute approximate surface area is 108 Å². The molecular weight excluding hydrogens is 250 g/mol. The number of rotatable bonds is 5. The summed E-state index contributed by atoms with van der Waals surface area (Å²) < 4.78 is 22.2. The van der Waals surface area contributed by atoms with E-state index in [0.717, 1.165) is 25.2 Å². The van der Waals surface area contributed by atoms with Gasteiger partial charge in [-0.1, -0.05) is 0 Å². The zero-order valence-electron chi connectivity index (χ0n) is 10.2. The van der Waals surface area contributed by atoms with Crippen molar-refractivity contribution < 1.29 is 8.42 Å². The van der Waals surface area contributed by atoms with Gasteiger partial charge in [0.2, 0.25) is 10.0 Å². The minimum absolute atomic E-state index is 0.144. The van der Waals surface area contributed by atoms with Crippen LogP contribution in [-0.2, 0) is 10.0 Å². The predicted octanol–water partition coefficient (Wildman–Crippen LogP) is 0.888. The molecule has 0 spiro atoms. The highest BCUT2D eigenvalue weighted by Crippen LogP contribution is 2.14. The lowest BCUT2D eigenvalue weighted by atomic mass is 10.1. The molecule has 4 N–H and O–H groups in total. The maximum atomic E-state index is 11.1. The molecule has 6 heteroatoms. The van der Waals surface area contributed by atoms with Gasteiger partial charge in [-0.05, 0) is 50.1 Å². The number of hydrogen-bond donors (Lipinski definition) is 3. The number of nitrogens with two attached hydrogens (primary N) is 1. The summed E-state index contributed by atoms with van der Waals surface area (Å²) in [4.78, 5) is 0.144. The molecule has 18 heavy (non-hydrogen) atoms. The molecule has 1 aliphatic rings. The summed E-state index contributed by atoms with van der Waals surface area (Å²) in [5.41, 5.74) is 0.917. The first kappa shape index (κ1) is 13.3. The molecule has 2 rings (SSSR count). The minimum atomic E-state index is -3.59. The van der Waals surface area contributed by atoms with Gasteiger partial charge in [0.25, 0.3) is 0 Å². The van der Waals surface area contributed by atoms with Gasteiger partial charge in [-0.3, -0.25) is 0 Å². The topological polar surface area (TPSA) is 84.2 Å². The molecule has 0 unspecified atom stereocenters. The molecule has 1 saturated heterocycles. The van der Waals surface area contributed by atoms with Crippen LogP contribution in [0.25, 0.3) is 0 Å². The molecule has 1 heterocycles. The third kappa shape index (κ3) is 3.69. The number of benzene rings is 1. The van der Waals surface area contributed by atoms with E-state index in [9.17, 15) is 8.42 Å². The second-order valence-corrected chi connectivity index (χ2v) is 6.14. The minimum Gasteiger partial charge on any atom is -0.385 e. The predicted molar refractivity (Wildman–Crippen MR) is 71.9 cm³/mol. The van der Waals surface area contributed by atoms with Gasteiger partial charge in [-0.15, -0.1) is 0 Å². The molecular formula is C12H19N3O2S. The summed E-state index contributed by atoms with van der Waals surface area (Å²) >= 11 is 0. The molecule has 0 aromatic heterocycles. The highest BCUT2D eigenvalue weighted by atomic mass is 32.2. The van der Waals surface area contributed by atoms with Crippen LogP contribution < -0.4 is 15.8 Å². The fourth-order valence-electron chi connectivity index (χ4n) is 2.16. The van der Waals surface area contributed by atoms with E-state index >= 15 is 0 Å². The van der Waals surface area contributed by atoms with Gasteiger partial charge in [0, 0.05) is 18.3 Å². The zero-order valence-corrected chi connectivity index (χ0v) is 11.0. The van der Waals surface area contributed by atoms with Crippen LogP contribution in [0.5, 0.6) is 0 Å². The van der Waals surface area contributed by atoms with Crippen molar-refractivity contribution in [3.8, 4) is 0 Å². The Kier molecular flexibility index (Phi) is 4.21. The Morgan fingerprint density at radius 1 is 1.33 bits per heavy atom. The third-order valence-electron chi connectivity index (χ3n) is 3.17. The van der Waals surface area contributed by atoms with E-state index < -0.39 is 10.0 Å². The number of anilines is 1. The molecule has 1 aliphatic heterocycles. The van der Waals surface area contributed by atoms with Gasteiger partial charge < -0.3 is 10.6 Å². The molecule has 100 valence electrons. The second kappa shape index (κ2) is 5.69. The summed E-state index contributed by atoms with van der Waals surface area (Å²) in [7, 11) is -3.59. The largest absolute Gasteiger partial charge is 0.385 e. The lowest BCUT2D eigenvalue weighted by molar-refractivity contribution is 0.574. The molecule has 0 amide bonds. The van der Waals surface area contributed by atoms with Gasteiger partial charge in [-0.2, -0.15) is 0 Å². The third-order valence-corrected chi connectivity index (χ3v) is 4.10. The van der Waals surface area contributed by atoms with Crippen molar-refractivity contribution in [2.45, 2.75) is 30.2 Å². The molecule has 1 fully saturated rings. The van der Waals surface area contributed by atoms with E-state index in [2.05, 4.69) is 10.6 Å². The summed E-state index contributed by atoms with van der Waals surface area (Å²) in [5.74, 6) is 0. The first-order chi connectivity index (χ1) is 8.55. The van der Waals surface area contributed by atoms with Gasteiger partial charge in [0.1, 0.15) is 0 Å². The summed E-state index contributed by atoms with van der Waals surface area (Å²) in [6.07, 6.45) is 3.58. The monoisotopic (exact) mass is 269 g/mol. The van der Waals surface area contributed by atoms with Crippen LogP contribution in [0.1, 0.15) is 19.3 Å². The molecule has 1 atom stereocenters. The Balaban J connectivity index is 1.83. The summed E-state index contributed by atoms with van der Waals surface area (Å²) in [6.45, 7) is 2.00. The van der Waals surface area contributed by atoms with Crippen LogP contribution >= 0.6 is 0 Å². The van der Waals surface area contributed by atoms with Crippen LogP contribution in [0.3, 0.4) is 0 Å². The van der Waals surface area contributed by atoms with Crippen molar-refractivity contribution in [2.75, 3.05) is 18.4 Å². The summed E-state index contributed by atoms with van der Waals surface area (Å²) in [5, 5.41) is 11.7. The number of hydrogen-bond acceptors (Lipinski definition) is 4. The SMILES string of the molecule is NS(=O)(=O)c1ccc(NCC[C@@H]2CCCN2)cc1. The average Bonchev–Trinajstić information content (AvgIpc) is 2.82. The highest BCUT2D eigenvalue weighted by Gasteiger charge is 2.13. The van der Waals surface area contributed by atoms with Gasteiger partial charge in [0.05, 0.1) is 4.90 Å². The van der Waals surface area contributed by atoms with Crippen molar-refractivity contribution in [1.29, 1.82) is 0 Å². The molecule has 0 bridgehead atoms. The van der Waals surface area contributed by atoms with Crippen LogP contribution in [0, 0.1) is 0 Å². The molecule has 0 radical (unpaired) electrons. The average molecular weight is 269 g/mol. The van der Waals surface area contributed by atoms with Crippen molar-refractivity contribution in [2.24, 2.45) is 5.14 Å². The van der Waals surface area contributed by atoms with E-state index in [1.165, 1.54) is 25.0 Å². The highest BCUT2D eigenvalue weighted by molar-refractivity contribution is 7.89. The Morgan fingerprint density at radius 2 is 2.06 bits per heavy atom. The number of nitrogens with one attached hydrogen (secondary N) is 2. The smallest absolute Gasteiger partial charge is 0.238 e. The molecule has 1 aromatic rings. The quantitative estimate of drug-likeness (QED) is 0.741. The van der Waals surface area contributed by atoms with Gasteiger partial charge in [-0.25, -0.2) is 13.6 Å². The standard InChI is InChI=1S/C12H19N3O2S/c13-18(16,17)12-5-3-11(4-6-12)15-9-7-10-2-1-8-14-10/h3-6,10,14-15H,1-2,7-9H2,(H2,13,16,17)/t10-/m0/s1. The lowest BCUT2D eigenvalue weighted by Gasteiger charge is -2.11. The molecule has 0 saturated carbocycles. The molecule has 0 aliphatic carbocycles. The van der Waals surface area contributed by atoms with Crippen LogP contribution in [0.4, 0.5) is 5.69 Å². The maximum absolute atomic E-state index is 11.1. The Bertz CT molecular complexity index is 479. The van der Waals surface area contributed by atoms with E-state index in [-0.39, 0.29) is 4.90 Å². The van der Waals surface area contributed by atoms with Crippen LogP contribution in [0.2, 0.25) is 0 Å². The van der Waals surface area contributed by atoms with Crippen molar-refractivity contribution in [1.82, 2.24) is 5.32 Å². The van der Waals surface area contributed by atoms with Crippen LogP contribution in [0.15, 0.2) is 29.2 Å².